The lowest BCUT2D eigenvalue weighted by molar-refractivity contribution is 0.102. The summed E-state index contributed by atoms with van der Waals surface area (Å²) in [7, 11) is 1.59. The SMILES string of the molecule is CCCn1ncc(OC)c1C(=O)c1cc2c(s1)CCCC2. The van der Waals surface area contributed by atoms with Crippen LogP contribution >= 0.6 is 11.3 Å². The van der Waals surface area contributed by atoms with Gasteiger partial charge in [-0.3, -0.25) is 9.48 Å². The van der Waals surface area contributed by atoms with E-state index in [1.807, 2.05) is 0 Å². The average molecular weight is 304 g/mol. The minimum Gasteiger partial charge on any atom is -0.493 e. The molecule has 0 unspecified atom stereocenters. The predicted octanol–water partition coefficient (Wildman–Crippen LogP) is 3.47. The van der Waals surface area contributed by atoms with Crippen LogP contribution in [0.5, 0.6) is 5.75 Å². The molecule has 0 amide bonds. The van der Waals surface area contributed by atoms with E-state index in [0.717, 1.165) is 30.7 Å². The third kappa shape index (κ3) is 2.62. The van der Waals surface area contributed by atoms with Crippen molar-refractivity contribution in [3.8, 4) is 5.75 Å². The molecule has 21 heavy (non-hydrogen) atoms. The number of aryl methyl sites for hydroxylation is 3. The molecule has 1 aliphatic carbocycles. The first-order valence-electron chi connectivity index (χ1n) is 7.50. The van der Waals surface area contributed by atoms with Crippen LogP contribution in [0.15, 0.2) is 12.3 Å². The standard InChI is InChI=1S/C16H20N2O2S/c1-3-8-18-15(12(20-2)10-17-18)16(19)14-9-11-6-4-5-7-13(11)21-14/h9-10H,3-8H2,1-2H3. The molecule has 0 N–H and O–H groups in total. The number of carbonyl (C=O) groups is 1. The van der Waals surface area contributed by atoms with Gasteiger partial charge in [-0.15, -0.1) is 11.3 Å². The average Bonchev–Trinajstić information content (AvgIpc) is 3.10. The molecule has 2 aromatic heterocycles. The van der Waals surface area contributed by atoms with Crippen LogP contribution in [0.4, 0.5) is 0 Å². The van der Waals surface area contributed by atoms with E-state index in [1.165, 1.54) is 23.3 Å². The fourth-order valence-electron chi connectivity index (χ4n) is 2.85. The van der Waals surface area contributed by atoms with E-state index in [-0.39, 0.29) is 5.78 Å². The highest BCUT2D eigenvalue weighted by atomic mass is 32.1. The molecule has 2 heterocycles. The second-order valence-electron chi connectivity index (χ2n) is 5.38. The van der Waals surface area contributed by atoms with E-state index in [1.54, 1.807) is 29.3 Å². The molecule has 3 rings (SSSR count). The Labute approximate surface area is 128 Å². The maximum Gasteiger partial charge on any atom is 0.224 e. The quantitative estimate of drug-likeness (QED) is 0.794. The first-order chi connectivity index (χ1) is 10.2. The number of ketones is 1. The molecule has 0 saturated heterocycles. The van der Waals surface area contributed by atoms with Gasteiger partial charge in [0.05, 0.1) is 18.2 Å². The van der Waals surface area contributed by atoms with Crippen molar-refractivity contribution in [1.29, 1.82) is 0 Å². The molecule has 0 radical (unpaired) electrons. The lowest BCUT2D eigenvalue weighted by atomic mass is 9.99. The van der Waals surface area contributed by atoms with Crippen molar-refractivity contribution in [3.63, 3.8) is 0 Å². The van der Waals surface area contributed by atoms with Crippen LogP contribution in [0.1, 0.15) is 52.0 Å². The summed E-state index contributed by atoms with van der Waals surface area (Å²) in [5.74, 6) is 0.608. The molecule has 2 aromatic rings. The number of nitrogens with zero attached hydrogens (tertiary/aromatic N) is 2. The summed E-state index contributed by atoms with van der Waals surface area (Å²) in [6, 6.07) is 2.07. The molecular formula is C16H20N2O2S. The summed E-state index contributed by atoms with van der Waals surface area (Å²) in [6.45, 7) is 2.81. The zero-order chi connectivity index (χ0) is 14.8. The first kappa shape index (κ1) is 14.3. The number of ether oxygens (including phenoxy) is 1. The van der Waals surface area contributed by atoms with Gasteiger partial charge in [-0.05, 0) is 43.7 Å². The zero-order valence-electron chi connectivity index (χ0n) is 12.5. The Morgan fingerprint density at radius 1 is 1.43 bits per heavy atom. The van der Waals surface area contributed by atoms with Gasteiger partial charge in [0, 0.05) is 11.4 Å². The van der Waals surface area contributed by atoms with Gasteiger partial charge in [0.15, 0.2) is 11.4 Å². The lowest BCUT2D eigenvalue weighted by Gasteiger charge is -2.08. The number of fused-ring (bicyclic) bond motifs is 1. The maximum atomic E-state index is 12.9. The predicted molar refractivity (Wildman–Crippen MR) is 83.5 cm³/mol. The van der Waals surface area contributed by atoms with Crippen molar-refractivity contribution >= 4 is 17.1 Å². The first-order valence-corrected chi connectivity index (χ1v) is 8.32. The van der Waals surface area contributed by atoms with Crippen molar-refractivity contribution in [2.24, 2.45) is 0 Å². The zero-order valence-corrected chi connectivity index (χ0v) is 13.3. The summed E-state index contributed by atoms with van der Waals surface area (Å²) >= 11 is 1.64. The molecule has 1 aliphatic rings. The Balaban J connectivity index is 1.97. The van der Waals surface area contributed by atoms with Crippen LogP contribution < -0.4 is 4.74 Å². The molecule has 0 aromatic carbocycles. The minimum absolute atomic E-state index is 0.0391. The highest BCUT2D eigenvalue weighted by molar-refractivity contribution is 7.14. The van der Waals surface area contributed by atoms with E-state index in [9.17, 15) is 4.79 Å². The molecule has 112 valence electrons. The molecule has 4 nitrogen and oxygen atoms in total. The van der Waals surface area contributed by atoms with Gasteiger partial charge >= 0.3 is 0 Å². The Morgan fingerprint density at radius 2 is 2.24 bits per heavy atom. The topological polar surface area (TPSA) is 44.1 Å². The molecule has 0 bridgehead atoms. The number of hydrogen-bond acceptors (Lipinski definition) is 4. The molecule has 5 heteroatoms. The monoisotopic (exact) mass is 304 g/mol. The molecule has 0 saturated carbocycles. The second kappa shape index (κ2) is 6.02. The fraction of sp³-hybridized carbons (Fsp3) is 0.500. The van der Waals surface area contributed by atoms with E-state index in [0.29, 0.717) is 11.4 Å². The van der Waals surface area contributed by atoms with Crippen LogP contribution in [-0.4, -0.2) is 22.7 Å². The normalized spacial score (nSPS) is 14.0. The Kier molecular flexibility index (Phi) is 4.10. The van der Waals surface area contributed by atoms with Crippen LogP contribution in [0.3, 0.4) is 0 Å². The van der Waals surface area contributed by atoms with Crippen molar-refractivity contribution in [1.82, 2.24) is 9.78 Å². The van der Waals surface area contributed by atoms with Crippen molar-refractivity contribution < 1.29 is 9.53 Å². The van der Waals surface area contributed by atoms with Crippen molar-refractivity contribution in [3.05, 3.63) is 33.3 Å². The highest BCUT2D eigenvalue weighted by Crippen LogP contribution is 2.32. The second-order valence-corrected chi connectivity index (χ2v) is 6.52. The van der Waals surface area contributed by atoms with Gasteiger partial charge in [0.2, 0.25) is 5.78 Å². The number of carbonyl (C=O) groups excluding carboxylic acids is 1. The molecular weight excluding hydrogens is 284 g/mol. The van der Waals surface area contributed by atoms with Crippen molar-refractivity contribution in [2.75, 3.05) is 7.11 Å². The number of aromatic nitrogens is 2. The van der Waals surface area contributed by atoms with Crippen molar-refractivity contribution in [2.45, 2.75) is 45.6 Å². The van der Waals surface area contributed by atoms with E-state index in [4.69, 9.17) is 4.74 Å². The van der Waals surface area contributed by atoms with Gasteiger partial charge in [-0.25, -0.2) is 0 Å². The highest BCUT2D eigenvalue weighted by Gasteiger charge is 2.24. The van der Waals surface area contributed by atoms with E-state index >= 15 is 0 Å². The van der Waals surface area contributed by atoms with Crippen LogP contribution in [-0.2, 0) is 19.4 Å². The lowest BCUT2D eigenvalue weighted by Crippen LogP contribution is -2.11. The van der Waals surface area contributed by atoms with E-state index < -0.39 is 0 Å². The Hall–Kier alpha value is -1.62. The molecule has 0 aliphatic heterocycles. The summed E-state index contributed by atoms with van der Waals surface area (Å²) in [6.07, 6.45) is 7.25. The smallest absolute Gasteiger partial charge is 0.224 e. The summed E-state index contributed by atoms with van der Waals surface area (Å²) < 4.78 is 7.08. The minimum atomic E-state index is 0.0391. The molecule has 0 atom stereocenters. The van der Waals surface area contributed by atoms with Gasteiger partial charge in [0.25, 0.3) is 0 Å². The van der Waals surface area contributed by atoms with Gasteiger partial charge < -0.3 is 4.74 Å². The Bertz CT molecular complexity index is 634. The number of hydrogen-bond donors (Lipinski definition) is 0. The number of methoxy groups -OCH3 is 1. The molecule has 0 spiro atoms. The van der Waals surface area contributed by atoms with Gasteiger partial charge in [-0.1, -0.05) is 6.92 Å². The van der Waals surface area contributed by atoms with Gasteiger partial charge in [0.1, 0.15) is 0 Å². The van der Waals surface area contributed by atoms with E-state index in [2.05, 4.69) is 18.1 Å². The number of rotatable bonds is 5. The number of thiophene rings is 1. The summed E-state index contributed by atoms with van der Waals surface area (Å²) in [5.41, 5.74) is 1.94. The fourth-order valence-corrected chi connectivity index (χ4v) is 4.04. The third-order valence-corrected chi connectivity index (χ3v) is 5.13. The van der Waals surface area contributed by atoms with Crippen LogP contribution in [0, 0.1) is 0 Å². The summed E-state index contributed by atoms with van der Waals surface area (Å²) in [5, 5.41) is 4.28. The summed E-state index contributed by atoms with van der Waals surface area (Å²) in [4.78, 5) is 15.1. The van der Waals surface area contributed by atoms with Crippen LogP contribution in [0.25, 0.3) is 0 Å². The van der Waals surface area contributed by atoms with Crippen LogP contribution in [0.2, 0.25) is 0 Å². The maximum absolute atomic E-state index is 12.9. The largest absolute Gasteiger partial charge is 0.493 e. The molecule has 0 fully saturated rings. The van der Waals surface area contributed by atoms with Gasteiger partial charge in [-0.2, -0.15) is 5.10 Å². The Morgan fingerprint density at radius 3 is 2.95 bits per heavy atom. The third-order valence-electron chi connectivity index (χ3n) is 3.90.